The number of aromatic nitrogens is 1. The predicted molar refractivity (Wildman–Crippen MR) is 70.8 cm³/mol. The van der Waals surface area contributed by atoms with E-state index >= 15 is 0 Å². The van der Waals surface area contributed by atoms with Crippen molar-refractivity contribution in [3.05, 3.63) is 36.0 Å². The molecule has 1 aromatic heterocycles. The molecule has 0 aliphatic heterocycles. The molecule has 1 nitrogen and oxygen atoms in total. The fraction of sp³-hybridized carbons (Fsp3) is 0.467. The van der Waals surface area contributed by atoms with Gasteiger partial charge in [-0.25, -0.2) is 0 Å². The Bertz CT molecular complexity index is 467. The van der Waals surface area contributed by atoms with Crippen LogP contribution >= 0.6 is 0 Å². The van der Waals surface area contributed by atoms with Gasteiger partial charge in [-0.1, -0.05) is 38.5 Å². The quantitative estimate of drug-likeness (QED) is 0.718. The minimum atomic E-state index is 0.774. The van der Waals surface area contributed by atoms with Crippen molar-refractivity contribution in [2.24, 2.45) is 5.92 Å². The van der Waals surface area contributed by atoms with Gasteiger partial charge in [-0.3, -0.25) is 0 Å². The molecule has 0 bridgehead atoms. The summed E-state index contributed by atoms with van der Waals surface area (Å²) in [6, 6.07) is 8.74. The average molecular weight is 215 g/mol. The molecule has 1 aromatic carbocycles. The Morgan fingerprint density at radius 1 is 1.19 bits per heavy atom. The number of rotatable bonds is 4. The summed E-state index contributed by atoms with van der Waals surface area (Å²) >= 11 is 0. The zero-order valence-corrected chi connectivity index (χ0v) is 10.5. The first-order chi connectivity index (χ1) is 7.76. The first kappa shape index (κ1) is 11.3. The molecule has 0 aliphatic carbocycles. The van der Waals surface area contributed by atoms with E-state index < -0.39 is 0 Å². The smallest absolute Gasteiger partial charge is 0.0483 e. The van der Waals surface area contributed by atoms with E-state index in [9.17, 15) is 0 Å². The average Bonchev–Trinajstić information content (AvgIpc) is 2.68. The van der Waals surface area contributed by atoms with Gasteiger partial charge in [0.05, 0.1) is 0 Å². The maximum atomic E-state index is 2.35. The van der Waals surface area contributed by atoms with Gasteiger partial charge in [0.15, 0.2) is 0 Å². The van der Waals surface area contributed by atoms with Crippen LogP contribution in [0.1, 0.15) is 32.8 Å². The van der Waals surface area contributed by atoms with E-state index in [1.165, 1.54) is 29.3 Å². The third kappa shape index (κ3) is 1.99. The summed E-state index contributed by atoms with van der Waals surface area (Å²) in [4.78, 5) is 0. The van der Waals surface area contributed by atoms with E-state index in [-0.39, 0.29) is 0 Å². The fourth-order valence-electron chi connectivity index (χ4n) is 2.27. The Hall–Kier alpha value is -1.24. The van der Waals surface area contributed by atoms with Crippen LogP contribution in [0.15, 0.2) is 30.5 Å². The minimum absolute atomic E-state index is 0.774. The van der Waals surface area contributed by atoms with Crippen molar-refractivity contribution in [1.29, 1.82) is 0 Å². The molecule has 2 aromatic rings. The SMILES string of the molecule is CCC(C)Cc1cn(CC)c2ccccc12. The molecule has 0 saturated carbocycles. The van der Waals surface area contributed by atoms with Crippen molar-refractivity contribution in [2.75, 3.05) is 0 Å². The van der Waals surface area contributed by atoms with Crippen LogP contribution in [0.25, 0.3) is 10.9 Å². The van der Waals surface area contributed by atoms with Gasteiger partial charge in [0, 0.05) is 23.6 Å². The molecule has 86 valence electrons. The maximum Gasteiger partial charge on any atom is 0.0483 e. The van der Waals surface area contributed by atoms with Gasteiger partial charge in [-0.2, -0.15) is 0 Å². The second kappa shape index (κ2) is 4.73. The lowest BCUT2D eigenvalue weighted by Gasteiger charge is -2.06. The highest BCUT2D eigenvalue weighted by Gasteiger charge is 2.09. The van der Waals surface area contributed by atoms with Crippen LogP contribution in [0.2, 0.25) is 0 Å². The number of nitrogens with zero attached hydrogens (tertiary/aromatic N) is 1. The van der Waals surface area contributed by atoms with Crippen molar-refractivity contribution in [3.8, 4) is 0 Å². The van der Waals surface area contributed by atoms with Crippen molar-refractivity contribution in [2.45, 2.75) is 40.2 Å². The molecule has 0 fully saturated rings. The van der Waals surface area contributed by atoms with E-state index in [0.717, 1.165) is 12.5 Å². The van der Waals surface area contributed by atoms with Crippen molar-refractivity contribution in [1.82, 2.24) is 4.57 Å². The monoisotopic (exact) mass is 215 g/mol. The summed E-state index contributed by atoms with van der Waals surface area (Å²) < 4.78 is 2.35. The lowest BCUT2D eigenvalue weighted by atomic mass is 9.99. The predicted octanol–water partition coefficient (Wildman–Crippen LogP) is 4.25. The second-order valence-corrected chi connectivity index (χ2v) is 4.68. The number of hydrogen-bond donors (Lipinski definition) is 0. The van der Waals surface area contributed by atoms with Crippen LogP contribution in [-0.2, 0) is 13.0 Å². The number of hydrogen-bond acceptors (Lipinski definition) is 0. The molecule has 0 N–H and O–H groups in total. The van der Waals surface area contributed by atoms with Crippen LogP contribution in [0.3, 0.4) is 0 Å². The van der Waals surface area contributed by atoms with Crippen LogP contribution in [0.4, 0.5) is 0 Å². The molecule has 0 radical (unpaired) electrons. The van der Waals surface area contributed by atoms with Crippen molar-refractivity contribution in [3.63, 3.8) is 0 Å². The third-order valence-corrected chi connectivity index (χ3v) is 3.48. The molecule has 2 rings (SSSR count). The van der Waals surface area contributed by atoms with E-state index in [0.29, 0.717) is 0 Å². The number of fused-ring (bicyclic) bond motifs is 1. The van der Waals surface area contributed by atoms with E-state index in [4.69, 9.17) is 0 Å². The molecule has 1 heterocycles. The van der Waals surface area contributed by atoms with Crippen LogP contribution in [0.5, 0.6) is 0 Å². The van der Waals surface area contributed by atoms with Crippen molar-refractivity contribution >= 4 is 10.9 Å². The van der Waals surface area contributed by atoms with E-state index in [1.54, 1.807) is 0 Å². The van der Waals surface area contributed by atoms with Gasteiger partial charge >= 0.3 is 0 Å². The molecule has 1 heteroatoms. The third-order valence-electron chi connectivity index (χ3n) is 3.48. The molecule has 1 atom stereocenters. The zero-order valence-electron chi connectivity index (χ0n) is 10.5. The highest BCUT2D eigenvalue weighted by Crippen LogP contribution is 2.24. The topological polar surface area (TPSA) is 4.93 Å². The van der Waals surface area contributed by atoms with Gasteiger partial charge in [0.2, 0.25) is 0 Å². The Morgan fingerprint density at radius 3 is 2.62 bits per heavy atom. The highest BCUT2D eigenvalue weighted by molar-refractivity contribution is 5.84. The zero-order chi connectivity index (χ0) is 11.5. The standard InChI is InChI=1S/C15H21N/c1-4-12(3)10-13-11-16(5-2)15-9-7-6-8-14(13)15/h6-9,11-12H,4-5,10H2,1-3H3. The Labute approximate surface area is 98.1 Å². The Kier molecular flexibility index (Phi) is 3.33. The lowest BCUT2D eigenvalue weighted by molar-refractivity contribution is 0.561. The van der Waals surface area contributed by atoms with E-state index in [2.05, 4.69) is 55.8 Å². The summed E-state index contributed by atoms with van der Waals surface area (Å²) in [6.45, 7) is 7.86. The minimum Gasteiger partial charge on any atom is -0.347 e. The second-order valence-electron chi connectivity index (χ2n) is 4.68. The fourth-order valence-corrected chi connectivity index (χ4v) is 2.27. The maximum absolute atomic E-state index is 2.35. The van der Waals surface area contributed by atoms with Gasteiger partial charge in [0.1, 0.15) is 0 Å². The first-order valence-corrected chi connectivity index (χ1v) is 6.33. The van der Waals surface area contributed by atoms with Gasteiger partial charge in [0.25, 0.3) is 0 Å². The van der Waals surface area contributed by atoms with Crippen LogP contribution in [0, 0.1) is 5.92 Å². The van der Waals surface area contributed by atoms with E-state index in [1.807, 2.05) is 0 Å². The normalized spacial score (nSPS) is 13.2. The van der Waals surface area contributed by atoms with Gasteiger partial charge in [-0.15, -0.1) is 0 Å². The molecule has 0 aliphatic rings. The molecule has 16 heavy (non-hydrogen) atoms. The van der Waals surface area contributed by atoms with Gasteiger partial charge in [-0.05, 0) is 30.9 Å². The largest absolute Gasteiger partial charge is 0.347 e. The summed E-state index contributed by atoms with van der Waals surface area (Å²) in [5.41, 5.74) is 2.88. The molecular formula is C15H21N. The lowest BCUT2D eigenvalue weighted by Crippen LogP contribution is -1.97. The Morgan fingerprint density at radius 2 is 1.94 bits per heavy atom. The first-order valence-electron chi connectivity index (χ1n) is 6.33. The summed E-state index contributed by atoms with van der Waals surface area (Å²) in [7, 11) is 0. The van der Waals surface area contributed by atoms with Crippen molar-refractivity contribution < 1.29 is 0 Å². The summed E-state index contributed by atoms with van der Waals surface area (Å²) in [5.74, 6) is 0.774. The molecule has 0 saturated heterocycles. The Balaban J connectivity index is 2.45. The highest BCUT2D eigenvalue weighted by atomic mass is 14.9. The van der Waals surface area contributed by atoms with Crippen LogP contribution in [-0.4, -0.2) is 4.57 Å². The molecule has 0 amide bonds. The number of para-hydroxylation sites is 1. The van der Waals surface area contributed by atoms with Crippen LogP contribution < -0.4 is 0 Å². The summed E-state index contributed by atoms with van der Waals surface area (Å²) in [5, 5.41) is 1.43. The van der Waals surface area contributed by atoms with Gasteiger partial charge < -0.3 is 4.57 Å². The summed E-state index contributed by atoms with van der Waals surface area (Å²) in [6.07, 6.45) is 4.78. The molecular weight excluding hydrogens is 194 g/mol. The number of aryl methyl sites for hydroxylation is 1. The number of benzene rings is 1. The molecule has 0 spiro atoms. The molecule has 1 unspecified atom stereocenters.